The Morgan fingerprint density at radius 2 is 1.63 bits per heavy atom. The fourth-order valence-electron chi connectivity index (χ4n) is 4.14. The van der Waals surface area contributed by atoms with E-state index in [-0.39, 0.29) is 13.2 Å². The van der Waals surface area contributed by atoms with E-state index in [0.717, 1.165) is 19.0 Å². The van der Waals surface area contributed by atoms with Crippen LogP contribution >= 0.6 is 0 Å². The number of nitrogens with zero attached hydrogens (tertiary/aromatic N) is 2. The van der Waals surface area contributed by atoms with Crippen molar-refractivity contribution in [2.75, 3.05) is 13.1 Å². The first-order chi connectivity index (χ1) is 13.0. The molecular weight excluding hydrogens is 442 g/mol. The Labute approximate surface area is 171 Å². The average molecular weight is 481 g/mol. The third-order valence-electron chi connectivity index (χ3n) is 6.07. The van der Waals surface area contributed by atoms with Crippen molar-refractivity contribution in [1.29, 1.82) is 0 Å². The molecule has 1 aliphatic heterocycles. The molecule has 0 spiro atoms. The summed E-state index contributed by atoms with van der Waals surface area (Å²) in [5.41, 5.74) is 0. The molecule has 0 bridgehead atoms. The van der Waals surface area contributed by atoms with E-state index in [1.165, 1.54) is 51.8 Å². The summed E-state index contributed by atoms with van der Waals surface area (Å²) in [6.07, 6.45) is 10.3. The number of unbranched alkanes of at least 4 members (excludes halogenated alkanes) is 3. The van der Waals surface area contributed by atoms with Gasteiger partial charge in [0.2, 0.25) is 0 Å². The summed E-state index contributed by atoms with van der Waals surface area (Å²) in [4.78, 5) is 6.71. The first kappa shape index (κ1) is 23.0. The van der Waals surface area contributed by atoms with E-state index >= 15 is 0 Å². The van der Waals surface area contributed by atoms with Gasteiger partial charge in [0.1, 0.15) is 0 Å². The van der Waals surface area contributed by atoms with Crippen LogP contribution in [0.4, 0.5) is 0 Å². The zero-order chi connectivity index (χ0) is 19.7. The normalized spacial score (nSPS) is 15.6. The van der Waals surface area contributed by atoms with Crippen LogP contribution in [0.15, 0.2) is 18.3 Å². The van der Waals surface area contributed by atoms with Crippen molar-refractivity contribution in [2.24, 2.45) is 0 Å². The monoisotopic (exact) mass is 482 g/mol. The van der Waals surface area contributed by atoms with Crippen LogP contribution in [0.2, 0.25) is 20.1 Å². The first-order valence-corrected chi connectivity index (χ1v) is 18.6. The van der Waals surface area contributed by atoms with Crippen LogP contribution in [0.3, 0.4) is 0 Å². The van der Waals surface area contributed by atoms with E-state index < -0.39 is 18.4 Å². The molecule has 1 aliphatic rings. The van der Waals surface area contributed by atoms with Crippen molar-refractivity contribution in [3.05, 3.63) is 18.3 Å². The van der Waals surface area contributed by atoms with Gasteiger partial charge in [-0.1, -0.05) is 0 Å². The minimum absolute atomic E-state index is 0.159. The maximum atomic E-state index is 9.56. The summed E-state index contributed by atoms with van der Waals surface area (Å²) in [6, 6.07) is 4.46. The van der Waals surface area contributed by atoms with Gasteiger partial charge in [-0.25, -0.2) is 0 Å². The van der Waals surface area contributed by atoms with Crippen LogP contribution in [-0.4, -0.2) is 59.4 Å². The topological polar surface area (TPSA) is 45.6 Å². The van der Waals surface area contributed by atoms with Gasteiger partial charge in [-0.3, -0.25) is 0 Å². The molecule has 1 saturated heterocycles. The molecule has 2 heterocycles. The van der Waals surface area contributed by atoms with Gasteiger partial charge >= 0.3 is 171 Å². The van der Waals surface area contributed by atoms with Crippen LogP contribution in [0.25, 0.3) is 0 Å². The fraction of sp³-hybridized carbons (Fsp3) is 0.762. The summed E-state index contributed by atoms with van der Waals surface area (Å²) < 4.78 is 12.0. The Morgan fingerprint density at radius 3 is 2.04 bits per heavy atom. The molecule has 1 N–H and O–H groups in total. The van der Waals surface area contributed by atoms with Crippen LogP contribution in [-0.2, 0) is 0 Å². The molecule has 6 heteroatoms. The number of aromatic nitrogens is 1. The molecule has 1 aromatic rings. The Kier molecular flexibility index (Phi) is 9.95. The van der Waals surface area contributed by atoms with Crippen LogP contribution in [0.1, 0.15) is 59.3 Å². The molecule has 1 fully saturated rings. The molecule has 4 nitrogen and oxygen atoms in total. The quantitative estimate of drug-likeness (QED) is 0.427. The Morgan fingerprint density at radius 1 is 1.07 bits per heavy atom. The summed E-state index contributed by atoms with van der Waals surface area (Å²) in [5.74, 6) is 0.746. The van der Waals surface area contributed by atoms with Crippen molar-refractivity contribution < 1.29 is 9.76 Å². The molecule has 1 aromatic heterocycles. The molecular formula is C21H39BN2O2Sn. The van der Waals surface area contributed by atoms with Gasteiger partial charge in [-0.2, -0.15) is 0 Å². The van der Waals surface area contributed by atoms with E-state index in [1.54, 1.807) is 10.4 Å². The third kappa shape index (κ3) is 6.64. The molecule has 0 atom stereocenters. The van der Waals surface area contributed by atoms with Crippen molar-refractivity contribution in [1.82, 2.24) is 9.79 Å². The maximum absolute atomic E-state index is 9.56. The van der Waals surface area contributed by atoms with Crippen molar-refractivity contribution >= 4 is 29.0 Å². The fourth-order valence-corrected chi connectivity index (χ4v) is 19.8. The number of pyridine rings is 1. The second-order valence-electron chi connectivity index (χ2n) is 8.30. The summed E-state index contributed by atoms with van der Waals surface area (Å²) in [7, 11) is -0.384. The Bertz CT molecular complexity index is 514. The van der Waals surface area contributed by atoms with E-state index in [9.17, 15) is 5.02 Å². The zero-order valence-corrected chi connectivity index (χ0v) is 20.8. The summed E-state index contributed by atoms with van der Waals surface area (Å²) in [5, 5.41) is 9.56. The van der Waals surface area contributed by atoms with Gasteiger partial charge in [0.05, 0.1) is 0 Å². The molecule has 0 aromatic carbocycles. The second kappa shape index (κ2) is 11.7. The Balaban J connectivity index is 2.07. The first-order valence-electron chi connectivity index (χ1n) is 11.1. The molecule has 0 amide bonds. The molecule has 0 saturated carbocycles. The number of ether oxygens (including phenoxy) is 1. The van der Waals surface area contributed by atoms with E-state index in [1.807, 2.05) is 4.81 Å². The van der Waals surface area contributed by atoms with Gasteiger partial charge < -0.3 is 0 Å². The third-order valence-corrected chi connectivity index (χ3v) is 21.6. The zero-order valence-electron chi connectivity index (χ0n) is 17.9. The SMILES string of the molecule is CCC[CH2][Sn]([CH2]CCC)([CH2]CCC)[c]1ccc(OC2CN(B(C)O)C2)nc1. The molecule has 27 heavy (non-hydrogen) atoms. The van der Waals surface area contributed by atoms with Gasteiger partial charge in [0.15, 0.2) is 0 Å². The van der Waals surface area contributed by atoms with Crippen LogP contribution < -0.4 is 8.32 Å². The molecule has 2 rings (SSSR count). The second-order valence-corrected chi connectivity index (χ2v) is 21.5. The standard InChI is InChI=1S/C9H12BN2O2.3C4H9.Sn/c1-10(13)12-6-8(7-12)14-9-4-2-3-5-11-9;3*1-3-4-2;/h2,4-5,8,13H,6-7H2,1H3;3*1,3-4H2,2H3;. The predicted molar refractivity (Wildman–Crippen MR) is 119 cm³/mol. The van der Waals surface area contributed by atoms with Gasteiger partial charge in [-0.05, 0) is 0 Å². The van der Waals surface area contributed by atoms with E-state index in [2.05, 4.69) is 39.1 Å². The van der Waals surface area contributed by atoms with Crippen LogP contribution in [0, 0.1) is 0 Å². The number of hydrogen-bond acceptors (Lipinski definition) is 4. The predicted octanol–water partition coefficient (Wildman–Crippen LogP) is 4.31. The number of rotatable bonds is 13. The van der Waals surface area contributed by atoms with Gasteiger partial charge in [0.25, 0.3) is 0 Å². The van der Waals surface area contributed by atoms with Gasteiger partial charge in [0, 0.05) is 0 Å². The van der Waals surface area contributed by atoms with Crippen LogP contribution in [0.5, 0.6) is 5.88 Å². The minimum atomic E-state index is -2.37. The average Bonchev–Trinajstić information content (AvgIpc) is 2.64. The van der Waals surface area contributed by atoms with Crippen molar-refractivity contribution in [3.63, 3.8) is 0 Å². The summed E-state index contributed by atoms with van der Waals surface area (Å²) >= 11 is -2.37. The Hall–Kier alpha value is -0.266. The molecule has 152 valence electrons. The van der Waals surface area contributed by atoms with E-state index in [0.29, 0.717) is 0 Å². The molecule has 0 unspecified atom stereocenters. The summed E-state index contributed by atoms with van der Waals surface area (Å²) in [6.45, 7) is 10.3. The number of hydrogen-bond donors (Lipinski definition) is 1. The van der Waals surface area contributed by atoms with Crippen molar-refractivity contribution in [2.45, 2.75) is 85.5 Å². The van der Waals surface area contributed by atoms with Crippen molar-refractivity contribution in [3.8, 4) is 5.88 Å². The van der Waals surface area contributed by atoms with Gasteiger partial charge in [-0.15, -0.1) is 0 Å². The van der Waals surface area contributed by atoms with E-state index in [4.69, 9.17) is 9.72 Å². The molecule has 0 radical (unpaired) electrons. The molecule has 0 aliphatic carbocycles.